The van der Waals surface area contributed by atoms with Crippen molar-refractivity contribution in [1.29, 1.82) is 0 Å². The van der Waals surface area contributed by atoms with Gasteiger partial charge in [0.25, 0.3) is 5.91 Å². The Kier molecular flexibility index (Phi) is 3.19. The highest BCUT2D eigenvalue weighted by Gasteiger charge is 2.05. The highest BCUT2D eigenvalue weighted by molar-refractivity contribution is 5.93. The number of rotatable bonds is 2. The first-order valence-electron chi connectivity index (χ1n) is 5.47. The summed E-state index contributed by atoms with van der Waals surface area (Å²) >= 11 is 0. The van der Waals surface area contributed by atoms with Crippen LogP contribution in [0.15, 0.2) is 42.5 Å². The van der Waals surface area contributed by atoms with E-state index in [1.54, 1.807) is 6.08 Å². The van der Waals surface area contributed by atoms with E-state index in [9.17, 15) is 4.79 Å². The van der Waals surface area contributed by atoms with Crippen LogP contribution < -0.4 is 0 Å². The molecule has 0 saturated carbocycles. The second-order valence-corrected chi connectivity index (χ2v) is 3.92. The summed E-state index contributed by atoms with van der Waals surface area (Å²) in [5.41, 5.74) is 2.71. The van der Waals surface area contributed by atoms with Crippen LogP contribution in [0.1, 0.15) is 21.7 Å². The van der Waals surface area contributed by atoms with Crippen molar-refractivity contribution in [3.05, 3.63) is 59.4 Å². The summed E-state index contributed by atoms with van der Waals surface area (Å²) in [7, 11) is 0. The predicted molar refractivity (Wildman–Crippen MR) is 67.8 cm³/mol. The number of hydrogen-bond acceptors (Lipinski definition) is 2. The Morgan fingerprint density at radius 2 is 1.94 bits per heavy atom. The van der Waals surface area contributed by atoms with Gasteiger partial charge in [0.15, 0.2) is 0 Å². The van der Waals surface area contributed by atoms with Gasteiger partial charge >= 0.3 is 0 Å². The molecule has 86 valence electrons. The number of nitrogens with zero attached hydrogens (tertiary/aromatic N) is 2. The number of aromatic nitrogens is 2. The molecule has 0 fully saturated rings. The molecule has 1 aromatic heterocycles. The van der Waals surface area contributed by atoms with Crippen molar-refractivity contribution in [2.45, 2.75) is 13.8 Å². The molecule has 1 aromatic carbocycles. The van der Waals surface area contributed by atoms with Crippen LogP contribution in [0.5, 0.6) is 0 Å². The van der Waals surface area contributed by atoms with Crippen molar-refractivity contribution in [2.24, 2.45) is 0 Å². The highest BCUT2D eigenvalue weighted by Crippen LogP contribution is 2.04. The van der Waals surface area contributed by atoms with E-state index in [0.29, 0.717) is 0 Å². The van der Waals surface area contributed by atoms with E-state index in [1.165, 1.54) is 10.8 Å². The number of allylic oxidation sites excluding steroid dienone is 1. The van der Waals surface area contributed by atoms with Crippen molar-refractivity contribution in [3.8, 4) is 0 Å². The first-order chi connectivity index (χ1) is 8.16. The summed E-state index contributed by atoms with van der Waals surface area (Å²) in [5.74, 6) is -0.126. The number of aryl methyl sites for hydroxylation is 2. The molecule has 3 heteroatoms. The van der Waals surface area contributed by atoms with E-state index in [1.807, 2.05) is 50.2 Å². The van der Waals surface area contributed by atoms with Crippen LogP contribution in [0.4, 0.5) is 0 Å². The lowest BCUT2D eigenvalue weighted by Crippen LogP contribution is -2.10. The third-order valence-corrected chi connectivity index (χ3v) is 2.44. The summed E-state index contributed by atoms with van der Waals surface area (Å²) in [5, 5.41) is 4.14. The zero-order valence-corrected chi connectivity index (χ0v) is 9.92. The number of hydrogen-bond donors (Lipinski definition) is 0. The zero-order chi connectivity index (χ0) is 12.3. The normalized spacial score (nSPS) is 10.9. The third kappa shape index (κ3) is 2.69. The molecule has 0 radical (unpaired) electrons. The van der Waals surface area contributed by atoms with Crippen molar-refractivity contribution < 1.29 is 4.79 Å². The van der Waals surface area contributed by atoms with Crippen molar-refractivity contribution in [1.82, 2.24) is 9.78 Å². The maximum atomic E-state index is 11.9. The average molecular weight is 226 g/mol. The van der Waals surface area contributed by atoms with E-state index >= 15 is 0 Å². The first-order valence-corrected chi connectivity index (χ1v) is 5.47. The monoisotopic (exact) mass is 226 g/mol. The Balaban J connectivity index is 2.18. The quantitative estimate of drug-likeness (QED) is 0.738. The van der Waals surface area contributed by atoms with Crippen LogP contribution >= 0.6 is 0 Å². The topological polar surface area (TPSA) is 34.9 Å². The molecular weight excluding hydrogens is 212 g/mol. The Morgan fingerprint density at radius 1 is 1.24 bits per heavy atom. The van der Waals surface area contributed by atoms with Crippen LogP contribution in [-0.4, -0.2) is 15.7 Å². The molecule has 0 atom stereocenters. The molecule has 1 heterocycles. The van der Waals surface area contributed by atoms with E-state index in [4.69, 9.17) is 0 Å². The van der Waals surface area contributed by atoms with Crippen LogP contribution in [0.3, 0.4) is 0 Å². The molecule has 0 aliphatic carbocycles. The molecule has 0 aliphatic heterocycles. The molecule has 0 unspecified atom stereocenters. The minimum atomic E-state index is -0.126. The lowest BCUT2D eigenvalue weighted by molar-refractivity contribution is 0.0952. The summed E-state index contributed by atoms with van der Waals surface area (Å²) < 4.78 is 1.41. The maximum absolute atomic E-state index is 11.9. The van der Waals surface area contributed by atoms with Gasteiger partial charge in [0.05, 0.1) is 5.69 Å². The number of carbonyl (C=O) groups is 1. The SMILES string of the molecule is Cc1cc(C)n(C(=O)/C=C\c2ccccc2)n1. The smallest absolute Gasteiger partial charge is 0.267 e. The predicted octanol–water partition coefficient (Wildman–Crippen LogP) is 2.85. The third-order valence-electron chi connectivity index (χ3n) is 2.44. The standard InChI is InChI=1S/C14H14N2O/c1-11-10-12(2)16(15-11)14(17)9-8-13-6-4-3-5-7-13/h3-10H,1-2H3/b9-8-. The Labute approximate surface area is 100 Å². The van der Waals surface area contributed by atoms with Crippen LogP contribution in [-0.2, 0) is 0 Å². The van der Waals surface area contributed by atoms with Crippen LogP contribution in [0.2, 0.25) is 0 Å². The number of carbonyl (C=O) groups excluding carboxylic acids is 1. The zero-order valence-electron chi connectivity index (χ0n) is 9.92. The number of benzene rings is 1. The Hall–Kier alpha value is -2.16. The first kappa shape index (κ1) is 11.3. The molecule has 0 N–H and O–H groups in total. The molecule has 0 spiro atoms. The molecule has 2 rings (SSSR count). The van der Waals surface area contributed by atoms with Crippen LogP contribution in [0.25, 0.3) is 6.08 Å². The van der Waals surface area contributed by atoms with Gasteiger partial charge in [-0.25, -0.2) is 4.68 Å². The van der Waals surface area contributed by atoms with Gasteiger partial charge in [-0.05, 0) is 31.6 Å². The molecular formula is C14H14N2O. The Morgan fingerprint density at radius 3 is 2.53 bits per heavy atom. The molecule has 17 heavy (non-hydrogen) atoms. The van der Waals surface area contributed by atoms with E-state index < -0.39 is 0 Å². The molecule has 2 aromatic rings. The fourth-order valence-electron chi connectivity index (χ4n) is 1.65. The van der Waals surface area contributed by atoms with Gasteiger partial charge in [-0.2, -0.15) is 5.10 Å². The van der Waals surface area contributed by atoms with Crippen molar-refractivity contribution >= 4 is 12.0 Å². The summed E-state index contributed by atoms with van der Waals surface area (Å²) in [6.07, 6.45) is 3.33. The summed E-state index contributed by atoms with van der Waals surface area (Å²) in [6.45, 7) is 3.74. The second-order valence-electron chi connectivity index (χ2n) is 3.92. The van der Waals surface area contributed by atoms with Gasteiger partial charge in [-0.15, -0.1) is 0 Å². The van der Waals surface area contributed by atoms with Crippen molar-refractivity contribution in [2.75, 3.05) is 0 Å². The molecule has 0 aliphatic rings. The van der Waals surface area contributed by atoms with Gasteiger partial charge in [0.2, 0.25) is 0 Å². The second kappa shape index (κ2) is 4.78. The molecule has 0 bridgehead atoms. The Bertz CT molecular complexity index is 553. The summed E-state index contributed by atoms with van der Waals surface area (Å²) in [6, 6.07) is 11.6. The van der Waals surface area contributed by atoms with E-state index in [0.717, 1.165) is 17.0 Å². The van der Waals surface area contributed by atoms with Crippen molar-refractivity contribution in [3.63, 3.8) is 0 Å². The van der Waals surface area contributed by atoms with Gasteiger partial charge in [-0.3, -0.25) is 4.79 Å². The molecule has 0 amide bonds. The fourth-order valence-corrected chi connectivity index (χ4v) is 1.65. The van der Waals surface area contributed by atoms with Gasteiger partial charge < -0.3 is 0 Å². The lowest BCUT2D eigenvalue weighted by Gasteiger charge is -1.97. The van der Waals surface area contributed by atoms with Gasteiger partial charge in [0.1, 0.15) is 0 Å². The molecule has 0 saturated heterocycles. The summed E-state index contributed by atoms with van der Waals surface area (Å²) in [4.78, 5) is 11.9. The molecule has 3 nitrogen and oxygen atoms in total. The fraction of sp³-hybridized carbons (Fsp3) is 0.143. The van der Waals surface area contributed by atoms with E-state index in [2.05, 4.69) is 5.10 Å². The maximum Gasteiger partial charge on any atom is 0.271 e. The average Bonchev–Trinajstić information content (AvgIpc) is 2.67. The largest absolute Gasteiger partial charge is 0.271 e. The minimum absolute atomic E-state index is 0.126. The highest BCUT2D eigenvalue weighted by atomic mass is 16.2. The van der Waals surface area contributed by atoms with Gasteiger partial charge in [-0.1, -0.05) is 30.3 Å². The lowest BCUT2D eigenvalue weighted by atomic mass is 10.2. The minimum Gasteiger partial charge on any atom is -0.267 e. The van der Waals surface area contributed by atoms with E-state index in [-0.39, 0.29) is 5.91 Å². The van der Waals surface area contributed by atoms with Crippen LogP contribution in [0, 0.1) is 13.8 Å². The van der Waals surface area contributed by atoms with Gasteiger partial charge in [0, 0.05) is 11.8 Å².